The van der Waals surface area contributed by atoms with E-state index < -0.39 is 0 Å². The summed E-state index contributed by atoms with van der Waals surface area (Å²) in [6.07, 6.45) is 1.77. The average Bonchev–Trinajstić information content (AvgIpc) is 3.25. The lowest BCUT2D eigenvalue weighted by Gasteiger charge is -2.14. The molecule has 9 heteroatoms. The predicted octanol–water partition coefficient (Wildman–Crippen LogP) is 8.39. The minimum Gasteiger partial charge on any atom is -0.493 e. The molecule has 4 aromatic rings. The van der Waals surface area contributed by atoms with Crippen molar-refractivity contribution in [1.29, 1.82) is 0 Å². The van der Waals surface area contributed by atoms with Gasteiger partial charge in [-0.25, -0.2) is 4.99 Å². The highest BCUT2D eigenvalue weighted by Gasteiger charge is 2.25. The summed E-state index contributed by atoms with van der Waals surface area (Å²) in [7, 11) is 1.58. The Balaban J connectivity index is 1.38. The first-order valence-corrected chi connectivity index (χ1v) is 13.5. The third-order valence-corrected chi connectivity index (χ3v) is 8.04. The summed E-state index contributed by atoms with van der Waals surface area (Å²) in [4.78, 5) is 17.5. The van der Waals surface area contributed by atoms with Crippen LogP contribution in [0.3, 0.4) is 0 Å². The Labute approximate surface area is 236 Å². The minimum atomic E-state index is -0.260. The number of rotatable bonds is 6. The molecule has 0 bridgehead atoms. The van der Waals surface area contributed by atoms with Crippen LogP contribution < -0.4 is 14.8 Å². The van der Waals surface area contributed by atoms with Crippen LogP contribution in [-0.2, 0) is 11.4 Å². The number of amidine groups is 1. The fraction of sp³-hybridized carbons (Fsp3) is 0.0714. The molecule has 1 aliphatic heterocycles. The molecule has 0 unspecified atom stereocenters. The first-order valence-electron chi connectivity index (χ1n) is 11.1. The SMILES string of the molecule is COc1cc(/C=C2/SC(=Nc3cccc(Cl)c3Cl)NC2=O)c(Br)cc1OCc1cccc2ccccc12. The Morgan fingerprint density at radius 3 is 2.65 bits per heavy atom. The van der Waals surface area contributed by atoms with Crippen molar-refractivity contribution in [3.8, 4) is 11.5 Å². The standard InChI is InChI=1S/C28H19BrCl2N2O3S/c1-35-23-12-18(13-25-27(34)33-28(37-25)32-22-11-5-10-21(30)26(22)31)20(29)14-24(23)36-15-17-8-4-7-16-6-2-3-9-19(16)17/h2-14H,15H2,1H3,(H,32,33,34)/b25-13+. The molecule has 0 atom stereocenters. The number of carbonyl (C=O) groups is 1. The van der Waals surface area contributed by atoms with Crippen molar-refractivity contribution in [2.45, 2.75) is 6.61 Å². The van der Waals surface area contributed by atoms with Gasteiger partial charge in [-0.15, -0.1) is 0 Å². The second-order valence-corrected chi connectivity index (χ2v) is 10.7. The highest BCUT2D eigenvalue weighted by Crippen LogP contribution is 2.38. The van der Waals surface area contributed by atoms with Gasteiger partial charge in [0.1, 0.15) is 6.61 Å². The highest BCUT2D eigenvalue weighted by molar-refractivity contribution is 9.10. The third kappa shape index (κ3) is 5.65. The Kier molecular flexibility index (Phi) is 7.76. The molecule has 37 heavy (non-hydrogen) atoms. The number of hydrogen-bond donors (Lipinski definition) is 1. The normalized spacial score (nSPS) is 15.4. The largest absolute Gasteiger partial charge is 0.493 e. The van der Waals surface area contributed by atoms with Crippen LogP contribution in [0.4, 0.5) is 5.69 Å². The van der Waals surface area contributed by atoms with Crippen LogP contribution in [0.2, 0.25) is 10.0 Å². The maximum absolute atomic E-state index is 12.6. The lowest BCUT2D eigenvalue weighted by atomic mass is 10.1. The zero-order valence-corrected chi connectivity index (χ0v) is 23.3. The molecule has 5 rings (SSSR count). The number of halogens is 3. The maximum Gasteiger partial charge on any atom is 0.264 e. The van der Waals surface area contributed by atoms with Gasteiger partial charge in [0.25, 0.3) is 5.91 Å². The lowest BCUT2D eigenvalue weighted by Crippen LogP contribution is -2.19. The number of carbonyl (C=O) groups excluding carboxylic acids is 1. The average molecular weight is 614 g/mol. The van der Waals surface area contributed by atoms with Crippen LogP contribution in [0.1, 0.15) is 11.1 Å². The molecule has 1 heterocycles. The topological polar surface area (TPSA) is 59.9 Å². The van der Waals surface area contributed by atoms with Gasteiger partial charge < -0.3 is 14.8 Å². The number of thioether (sulfide) groups is 1. The van der Waals surface area contributed by atoms with E-state index in [1.807, 2.05) is 36.4 Å². The smallest absolute Gasteiger partial charge is 0.264 e. The monoisotopic (exact) mass is 612 g/mol. The van der Waals surface area contributed by atoms with Crippen molar-refractivity contribution in [3.05, 3.63) is 103 Å². The summed E-state index contributed by atoms with van der Waals surface area (Å²) < 4.78 is 12.5. The zero-order valence-electron chi connectivity index (χ0n) is 19.4. The van der Waals surface area contributed by atoms with E-state index in [1.54, 1.807) is 31.4 Å². The van der Waals surface area contributed by atoms with Crippen molar-refractivity contribution >= 4 is 84.5 Å². The van der Waals surface area contributed by atoms with E-state index in [0.29, 0.717) is 43.9 Å². The van der Waals surface area contributed by atoms with Crippen molar-refractivity contribution in [2.24, 2.45) is 4.99 Å². The van der Waals surface area contributed by atoms with Gasteiger partial charge in [0.2, 0.25) is 0 Å². The van der Waals surface area contributed by atoms with Crippen LogP contribution >= 0.6 is 50.9 Å². The van der Waals surface area contributed by atoms with Gasteiger partial charge in [0.15, 0.2) is 16.7 Å². The summed E-state index contributed by atoms with van der Waals surface area (Å²) in [6, 6.07) is 23.2. The molecular weight excluding hydrogens is 595 g/mol. The van der Waals surface area contributed by atoms with E-state index in [9.17, 15) is 4.79 Å². The van der Waals surface area contributed by atoms with Crippen LogP contribution in [-0.4, -0.2) is 18.2 Å². The van der Waals surface area contributed by atoms with Gasteiger partial charge in [-0.05, 0) is 64.0 Å². The summed E-state index contributed by atoms with van der Waals surface area (Å²) in [6.45, 7) is 0.384. The van der Waals surface area contributed by atoms with E-state index >= 15 is 0 Å². The molecule has 4 aromatic carbocycles. The van der Waals surface area contributed by atoms with Gasteiger partial charge in [-0.1, -0.05) is 87.7 Å². The second-order valence-electron chi connectivity index (χ2n) is 8.01. The number of ether oxygens (including phenoxy) is 2. The number of aliphatic imine (C=N–C) groups is 1. The number of methoxy groups -OCH3 is 1. The summed E-state index contributed by atoms with van der Waals surface area (Å²) in [5.41, 5.74) is 2.32. The maximum atomic E-state index is 12.6. The Hall–Kier alpha value is -2.97. The van der Waals surface area contributed by atoms with E-state index in [2.05, 4.69) is 44.4 Å². The molecule has 0 spiro atoms. The van der Waals surface area contributed by atoms with Crippen LogP contribution in [0.15, 0.2) is 87.2 Å². The summed E-state index contributed by atoms with van der Waals surface area (Å²) in [5, 5.41) is 6.21. The number of hydrogen-bond acceptors (Lipinski definition) is 5. The molecule has 0 radical (unpaired) electrons. The molecule has 1 N–H and O–H groups in total. The van der Waals surface area contributed by atoms with Gasteiger partial charge in [-0.3, -0.25) is 4.79 Å². The van der Waals surface area contributed by atoms with Crippen molar-refractivity contribution in [3.63, 3.8) is 0 Å². The minimum absolute atomic E-state index is 0.260. The first kappa shape index (κ1) is 25.7. The summed E-state index contributed by atoms with van der Waals surface area (Å²) in [5.74, 6) is 0.883. The number of nitrogens with one attached hydrogen (secondary N) is 1. The fourth-order valence-corrected chi connectivity index (χ4v) is 5.42. The van der Waals surface area contributed by atoms with Crippen LogP contribution in [0, 0.1) is 0 Å². The fourth-order valence-electron chi connectivity index (χ4n) is 3.82. The first-order chi connectivity index (χ1) is 17.9. The molecule has 0 aromatic heterocycles. The molecular formula is C28H19BrCl2N2O3S. The van der Waals surface area contributed by atoms with Crippen LogP contribution in [0.5, 0.6) is 11.5 Å². The molecule has 0 saturated carbocycles. The molecule has 5 nitrogen and oxygen atoms in total. The number of amides is 1. The number of benzene rings is 4. The van der Waals surface area contributed by atoms with E-state index in [4.69, 9.17) is 32.7 Å². The lowest BCUT2D eigenvalue weighted by molar-refractivity contribution is -0.115. The van der Waals surface area contributed by atoms with Gasteiger partial charge in [0.05, 0.1) is 27.7 Å². The quantitative estimate of drug-likeness (QED) is 0.222. The Morgan fingerprint density at radius 1 is 1.03 bits per heavy atom. The van der Waals surface area contributed by atoms with Gasteiger partial charge >= 0.3 is 0 Å². The molecule has 1 amide bonds. The molecule has 186 valence electrons. The van der Waals surface area contributed by atoms with E-state index in [0.717, 1.165) is 26.4 Å². The van der Waals surface area contributed by atoms with Gasteiger partial charge in [0, 0.05) is 4.47 Å². The van der Waals surface area contributed by atoms with E-state index in [1.165, 1.54) is 11.8 Å². The zero-order chi connectivity index (χ0) is 25.9. The molecule has 1 aliphatic rings. The van der Waals surface area contributed by atoms with Crippen molar-refractivity contribution in [1.82, 2.24) is 5.32 Å². The predicted molar refractivity (Wildman–Crippen MR) is 156 cm³/mol. The third-order valence-electron chi connectivity index (χ3n) is 5.64. The Bertz CT molecular complexity index is 1580. The highest BCUT2D eigenvalue weighted by atomic mass is 79.9. The van der Waals surface area contributed by atoms with Gasteiger partial charge in [-0.2, -0.15) is 0 Å². The second kappa shape index (κ2) is 11.2. The van der Waals surface area contributed by atoms with Crippen molar-refractivity contribution in [2.75, 3.05) is 7.11 Å². The summed E-state index contributed by atoms with van der Waals surface area (Å²) >= 11 is 17.1. The van der Waals surface area contributed by atoms with E-state index in [-0.39, 0.29) is 5.91 Å². The Morgan fingerprint density at radius 2 is 1.81 bits per heavy atom. The number of nitrogens with zero attached hydrogens (tertiary/aromatic N) is 1. The van der Waals surface area contributed by atoms with Crippen molar-refractivity contribution < 1.29 is 14.3 Å². The van der Waals surface area contributed by atoms with Crippen LogP contribution in [0.25, 0.3) is 16.8 Å². The number of fused-ring (bicyclic) bond motifs is 1. The molecule has 1 saturated heterocycles. The molecule has 0 aliphatic carbocycles. The molecule has 1 fully saturated rings.